The minimum atomic E-state index is -2.83. The number of sulfone groups is 1. The molecule has 0 aliphatic carbocycles. The van der Waals surface area contributed by atoms with Gasteiger partial charge in [0.2, 0.25) is 5.91 Å². The van der Waals surface area contributed by atoms with E-state index in [4.69, 9.17) is 5.73 Å². The Morgan fingerprint density at radius 2 is 1.81 bits per heavy atom. The van der Waals surface area contributed by atoms with Crippen molar-refractivity contribution in [3.63, 3.8) is 0 Å². The van der Waals surface area contributed by atoms with Gasteiger partial charge in [0.05, 0.1) is 11.5 Å². The molecule has 1 amide bonds. The first-order valence-corrected chi connectivity index (χ1v) is 8.85. The zero-order valence-corrected chi connectivity index (χ0v) is 12.7. The maximum Gasteiger partial charge on any atom is 0.224 e. The monoisotopic (exact) mass is 311 g/mol. The normalized spacial score (nSPS) is 18.3. The summed E-state index contributed by atoms with van der Waals surface area (Å²) >= 11 is 0. The fraction of sp³-hybridized carbons (Fsp3) is 0.500. The number of amides is 1. The molecule has 3 N–H and O–H groups in total. The molecule has 1 aromatic carbocycles. The van der Waals surface area contributed by atoms with Crippen molar-refractivity contribution in [2.24, 2.45) is 0 Å². The maximum absolute atomic E-state index is 11.8. The summed E-state index contributed by atoms with van der Waals surface area (Å²) in [5.74, 6) is 0.416. The molecule has 1 fully saturated rings. The fourth-order valence-corrected chi connectivity index (χ4v) is 3.50. The molecule has 1 saturated heterocycles. The largest absolute Gasteiger partial charge is 0.399 e. The molecule has 6 nitrogen and oxygen atoms in total. The van der Waals surface area contributed by atoms with Crippen molar-refractivity contribution < 1.29 is 13.2 Å². The molecule has 1 aliphatic heterocycles. The molecule has 21 heavy (non-hydrogen) atoms. The van der Waals surface area contributed by atoms with Gasteiger partial charge < -0.3 is 16.0 Å². The lowest BCUT2D eigenvalue weighted by Gasteiger charge is -2.26. The van der Waals surface area contributed by atoms with E-state index in [0.717, 1.165) is 18.7 Å². The van der Waals surface area contributed by atoms with Gasteiger partial charge in [0.15, 0.2) is 9.84 Å². The number of hydrogen-bond donors (Lipinski definition) is 2. The summed E-state index contributed by atoms with van der Waals surface area (Å²) in [4.78, 5) is 13.9. The van der Waals surface area contributed by atoms with E-state index >= 15 is 0 Å². The van der Waals surface area contributed by atoms with Crippen LogP contribution in [0.5, 0.6) is 0 Å². The molecule has 0 aromatic heterocycles. The second-order valence-corrected chi connectivity index (χ2v) is 7.57. The van der Waals surface area contributed by atoms with E-state index in [1.54, 1.807) is 24.3 Å². The zero-order valence-electron chi connectivity index (χ0n) is 11.9. The Morgan fingerprint density at radius 1 is 1.19 bits per heavy atom. The third-order valence-corrected chi connectivity index (χ3v) is 5.12. The predicted octanol–water partition coefficient (Wildman–Crippen LogP) is 0.718. The molecule has 0 radical (unpaired) electrons. The van der Waals surface area contributed by atoms with E-state index in [-0.39, 0.29) is 17.4 Å². The van der Waals surface area contributed by atoms with E-state index in [9.17, 15) is 13.2 Å². The van der Waals surface area contributed by atoms with Crippen LogP contribution in [-0.2, 0) is 14.6 Å². The first-order valence-electron chi connectivity index (χ1n) is 7.03. The van der Waals surface area contributed by atoms with Crippen LogP contribution in [0.2, 0.25) is 0 Å². The molecule has 116 valence electrons. The molecule has 1 aromatic rings. The summed E-state index contributed by atoms with van der Waals surface area (Å²) in [5, 5.41) is 2.81. The van der Waals surface area contributed by atoms with Crippen LogP contribution >= 0.6 is 0 Å². The van der Waals surface area contributed by atoms with Gasteiger partial charge in [0.1, 0.15) is 0 Å². The highest BCUT2D eigenvalue weighted by Crippen LogP contribution is 2.11. The van der Waals surface area contributed by atoms with Crippen molar-refractivity contribution in [2.45, 2.75) is 12.8 Å². The lowest BCUT2D eigenvalue weighted by Crippen LogP contribution is -2.40. The highest BCUT2D eigenvalue weighted by atomic mass is 32.2. The minimum absolute atomic E-state index is 0.0376. The molecule has 1 aliphatic rings. The molecule has 7 heteroatoms. The second kappa shape index (κ2) is 6.91. The Morgan fingerprint density at radius 3 is 2.43 bits per heavy atom. The summed E-state index contributed by atoms with van der Waals surface area (Å²) in [6.07, 6.45) is 1.15. The number of nitrogen functional groups attached to an aromatic ring is 1. The number of carbonyl (C=O) groups excluding carboxylic acids is 1. The first-order chi connectivity index (χ1) is 9.94. The summed E-state index contributed by atoms with van der Waals surface area (Å²) < 4.78 is 22.6. The van der Waals surface area contributed by atoms with Crippen LogP contribution in [0.3, 0.4) is 0 Å². The van der Waals surface area contributed by atoms with E-state index in [1.807, 2.05) is 0 Å². The van der Waals surface area contributed by atoms with Gasteiger partial charge in [-0.2, -0.15) is 0 Å². The summed E-state index contributed by atoms with van der Waals surface area (Å²) in [5.41, 5.74) is 6.97. The first kappa shape index (κ1) is 15.8. The van der Waals surface area contributed by atoms with E-state index in [2.05, 4.69) is 10.2 Å². The van der Waals surface area contributed by atoms with E-state index < -0.39 is 9.84 Å². The van der Waals surface area contributed by atoms with E-state index in [0.29, 0.717) is 25.2 Å². The van der Waals surface area contributed by atoms with Crippen LogP contribution in [0.4, 0.5) is 11.4 Å². The van der Waals surface area contributed by atoms with E-state index in [1.165, 1.54) is 0 Å². The smallest absolute Gasteiger partial charge is 0.224 e. The summed E-state index contributed by atoms with van der Waals surface area (Å²) in [6.45, 7) is 1.90. The second-order valence-electron chi connectivity index (χ2n) is 5.27. The molecule has 1 heterocycles. The quantitative estimate of drug-likeness (QED) is 0.782. The Bertz CT molecular complexity index is 570. The Kier molecular flexibility index (Phi) is 5.19. The Hall–Kier alpha value is -1.60. The Labute approximate surface area is 125 Å². The van der Waals surface area contributed by atoms with Gasteiger partial charge in [-0.25, -0.2) is 8.42 Å². The number of benzene rings is 1. The van der Waals surface area contributed by atoms with Crippen LogP contribution < -0.4 is 11.1 Å². The van der Waals surface area contributed by atoms with Crippen LogP contribution in [0.25, 0.3) is 0 Å². The van der Waals surface area contributed by atoms with Gasteiger partial charge in [0.25, 0.3) is 0 Å². The highest BCUT2D eigenvalue weighted by molar-refractivity contribution is 7.91. The standard InChI is InChI=1S/C14H21N3O3S/c15-12-3-5-13(6-4-12)16-14(18)2-1-7-17-8-10-21(19,20)11-9-17/h3-6H,1-2,7-11,15H2,(H,16,18). The number of rotatable bonds is 5. The maximum atomic E-state index is 11.8. The van der Waals surface area contributed by atoms with Crippen molar-refractivity contribution >= 4 is 27.1 Å². The number of nitrogens with one attached hydrogen (secondary N) is 1. The molecular formula is C14H21N3O3S. The molecule has 0 unspecified atom stereocenters. The summed E-state index contributed by atoms with van der Waals surface area (Å²) in [7, 11) is -2.83. The number of carbonyl (C=O) groups is 1. The molecule has 0 atom stereocenters. The lowest BCUT2D eigenvalue weighted by atomic mass is 10.2. The van der Waals surface area contributed by atoms with Gasteiger partial charge in [-0.3, -0.25) is 4.79 Å². The fourth-order valence-electron chi connectivity index (χ4n) is 2.23. The molecule has 0 saturated carbocycles. The van der Waals surface area contributed by atoms with Crippen molar-refractivity contribution in [1.29, 1.82) is 0 Å². The molecule has 2 rings (SSSR count). The summed E-state index contributed by atoms with van der Waals surface area (Å²) in [6, 6.07) is 7.01. The van der Waals surface area contributed by atoms with Gasteiger partial charge >= 0.3 is 0 Å². The number of anilines is 2. The van der Waals surface area contributed by atoms with Gasteiger partial charge in [-0.05, 0) is 37.2 Å². The molecular weight excluding hydrogens is 290 g/mol. The predicted molar refractivity (Wildman–Crippen MR) is 83.8 cm³/mol. The lowest BCUT2D eigenvalue weighted by molar-refractivity contribution is -0.116. The van der Waals surface area contributed by atoms with Gasteiger partial charge in [0, 0.05) is 30.9 Å². The SMILES string of the molecule is Nc1ccc(NC(=O)CCCN2CCS(=O)(=O)CC2)cc1. The number of nitrogens with two attached hydrogens (primary N) is 1. The van der Waals surface area contributed by atoms with Crippen LogP contribution in [0.1, 0.15) is 12.8 Å². The third kappa shape index (κ3) is 5.35. The minimum Gasteiger partial charge on any atom is -0.399 e. The zero-order chi connectivity index (χ0) is 15.3. The van der Waals surface area contributed by atoms with Gasteiger partial charge in [-0.15, -0.1) is 0 Å². The number of nitrogens with zero attached hydrogens (tertiary/aromatic N) is 1. The average molecular weight is 311 g/mol. The third-order valence-electron chi connectivity index (χ3n) is 3.51. The van der Waals surface area contributed by atoms with Crippen LogP contribution in [0, 0.1) is 0 Å². The Balaban J connectivity index is 1.67. The van der Waals surface area contributed by atoms with Crippen LogP contribution in [0.15, 0.2) is 24.3 Å². The topological polar surface area (TPSA) is 92.5 Å². The highest BCUT2D eigenvalue weighted by Gasteiger charge is 2.21. The van der Waals surface area contributed by atoms with Crippen LogP contribution in [-0.4, -0.2) is 50.4 Å². The number of hydrogen-bond acceptors (Lipinski definition) is 5. The molecule has 0 bridgehead atoms. The van der Waals surface area contributed by atoms with Crippen molar-refractivity contribution in [2.75, 3.05) is 42.2 Å². The average Bonchev–Trinajstić information content (AvgIpc) is 2.43. The van der Waals surface area contributed by atoms with Crippen molar-refractivity contribution in [1.82, 2.24) is 4.90 Å². The van der Waals surface area contributed by atoms with Crippen molar-refractivity contribution in [3.8, 4) is 0 Å². The van der Waals surface area contributed by atoms with Crippen molar-refractivity contribution in [3.05, 3.63) is 24.3 Å². The molecule has 0 spiro atoms. The van der Waals surface area contributed by atoms with Gasteiger partial charge in [-0.1, -0.05) is 0 Å².